The Morgan fingerprint density at radius 2 is 2.08 bits per heavy atom. The summed E-state index contributed by atoms with van der Waals surface area (Å²) in [5.74, 6) is -0.185. The first-order chi connectivity index (χ1) is 6.11. The van der Waals surface area contributed by atoms with E-state index in [9.17, 15) is 13.9 Å². The molecule has 0 aromatic heterocycles. The number of nitro benzene ring substituents is 1. The predicted molar refractivity (Wildman–Crippen MR) is 41.9 cm³/mol. The van der Waals surface area contributed by atoms with E-state index in [2.05, 4.69) is 3.82 Å². The summed E-state index contributed by atoms with van der Waals surface area (Å²) >= 11 is -3.40. The van der Waals surface area contributed by atoms with Crippen molar-refractivity contribution in [2.75, 3.05) is 0 Å². The monoisotopic (exact) mass is 248 g/mol. The zero-order valence-corrected chi connectivity index (χ0v) is 7.96. The normalized spacial score (nSPS) is 9.15. The second-order valence-electron chi connectivity index (χ2n) is 2.03. The van der Waals surface area contributed by atoms with Crippen LogP contribution >= 0.6 is 0 Å². The van der Waals surface area contributed by atoms with Crippen LogP contribution in [0.15, 0.2) is 24.3 Å². The average Bonchev–Trinajstić information content (AvgIpc) is 2.03. The molecule has 0 aliphatic rings. The van der Waals surface area contributed by atoms with Crippen LogP contribution in [-0.2, 0) is 3.83 Å². The second-order valence-corrected chi connectivity index (χ2v) is 3.29. The number of nitrogens with zero attached hydrogens (tertiary/aromatic N) is 2. The Balaban J connectivity index is 3.14. The van der Waals surface area contributed by atoms with Crippen molar-refractivity contribution in [1.29, 1.82) is 4.20 Å². The molecule has 7 heteroatoms. The molecule has 6 nitrogen and oxygen atoms in total. The van der Waals surface area contributed by atoms with Crippen molar-refractivity contribution in [3.8, 4) is 5.75 Å². The topological polar surface area (TPSA) is 93.2 Å². The first-order valence-corrected chi connectivity index (χ1v) is 5.30. The molecule has 0 radical (unpaired) electrons. The average molecular weight is 247 g/mol. The summed E-state index contributed by atoms with van der Waals surface area (Å²) in [6.07, 6.45) is 0. The van der Waals surface area contributed by atoms with E-state index in [0.29, 0.717) is 0 Å². The quantitative estimate of drug-likeness (QED) is 0.440. The SMILES string of the molecule is N#[Se](=O)Oc1ccccc1[N+](=O)[O-]. The summed E-state index contributed by atoms with van der Waals surface area (Å²) in [4.78, 5) is 9.68. The van der Waals surface area contributed by atoms with Crippen LogP contribution in [-0.4, -0.2) is 18.7 Å². The van der Waals surface area contributed by atoms with Crippen LogP contribution in [0.25, 0.3) is 0 Å². The molecule has 0 atom stereocenters. The van der Waals surface area contributed by atoms with Crippen molar-refractivity contribution in [2.24, 2.45) is 0 Å². The second kappa shape index (κ2) is 3.91. The van der Waals surface area contributed by atoms with Gasteiger partial charge in [0, 0.05) is 0 Å². The zero-order valence-electron chi connectivity index (χ0n) is 6.25. The van der Waals surface area contributed by atoms with Gasteiger partial charge in [-0.1, -0.05) is 0 Å². The van der Waals surface area contributed by atoms with Crippen LogP contribution in [0.1, 0.15) is 0 Å². The maximum absolute atomic E-state index is 10.4. The summed E-state index contributed by atoms with van der Waals surface area (Å²) in [7, 11) is 0. The Morgan fingerprint density at radius 1 is 1.46 bits per heavy atom. The number of hydrogen-bond acceptors (Lipinski definition) is 5. The summed E-state index contributed by atoms with van der Waals surface area (Å²) < 4.78 is 23.1. The zero-order chi connectivity index (χ0) is 9.84. The Morgan fingerprint density at radius 3 is 2.62 bits per heavy atom. The Kier molecular flexibility index (Phi) is 2.87. The summed E-state index contributed by atoms with van der Waals surface area (Å²) in [6, 6.07) is 5.39. The van der Waals surface area contributed by atoms with Crippen molar-refractivity contribution >= 4 is 19.5 Å². The molecule has 0 saturated carbocycles. The summed E-state index contributed by atoms with van der Waals surface area (Å²) in [5.41, 5.74) is -0.318. The number of para-hydroxylation sites is 2. The molecule has 0 aliphatic heterocycles. The van der Waals surface area contributed by atoms with E-state index in [4.69, 9.17) is 4.20 Å². The van der Waals surface area contributed by atoms with Crippen molar-refractivity contribution in [3.05, 3.63) is 34.4 Å². The third-order valence-corrected chi connectivity index (χ3v) is 1.90. The van der Waals surface area contributed by atoms with Gasteiger partial charge < -0.3 is 0 Å². The van der Waals surface area contributed by atoms with E-state index < -0.39 is 18.7 Å². The van der Waals surface area contributed by atoms with Crippen molar-refractivity contribution in [3.63, 3.8) is 0 Å². The fourth-order valence-electron chi connectivity index (χ4n) is 0.755. The molecule has 1 aromatic rings. The molecule has 68 valence electrons. The van der Waals surface area contributed by atoms with Gasteiger partial charge in [-0.2, -0.15) is 0 Å². The van der Waals surface area contributed by atoms with Crippen molar-refractivity contribution in [2.45, 2.75) is 0 Å². The molecule has 1 rings (SSSR count). The van der Waals surface area contributed by atoms with E-state index in [1.54, 1.807) is 0 Å². The van der Waals surface area contributed by atoms with E-state index in [-0.39, 0.29) is 11.4 Å². The predicted octanol–water partition coefficient (Wildman–Crippen LogP) is 0.953. The van der Waals surface area contributed by atoms with Gasteiger partial charge >= 0.3 is 76.4 Å². The minimum atomic E-state index is -3.40. The van der Waals surface area contributed by atoms with Gasteiger partial charge in [0.15, 0.2) is 0 Å². The number of hydrogen-bond donors (Lipinski definition) is 0. The van der Waals surface area contributed by atoms with E-state index in [1.807, 2.05) is 0 Å². The Labute approximate surface area is 76.9 Å². The molecular weight excluding hydrogens is 243 g/mol. The van der Waals surface area contributed by atoms with Gasteiger partial charge in [0.2, 0.25) is 0 Å². The third kappa shape index (κ3) is 2.45. The Hall–Kier alpha value is -1.55. The number of benzene rings is 1. The molecule has 1 aromatic carbocycles. The van der Waals surface area contributed by atoms with Crippen LogP contribution in [0.3, 0.4) is 0 Å². The first-order valence-electron chi connectivity index (χ1n) is 3.14. The number of nitro groups is 1. The molecular formula is C6H4N2O4Se. The van der Waals surface area contributed by atoms with Crippen LogP contribution in [0.4, 0.5) is 5.69 Å². The Bertz CT molecular complexity index is 452. The van der Waals surface area contributed by atoms with Crippen LogP contribution in [0.5, 0.6) is 5.75 Å². The fourth-order valence-corrected chi connectivity index (χ4v) is 1.37. The van der Waals surface area contributed by atoms with Gasteiger partial charge in [0.25, 0.3) is 0 Å². The number of rotatable bonds is 2. The van der Waals surface area contributed by atoms with Crippen molar-refractivity contribution < 1.29 is 12.6 Å². The third-order valence-electron chi connectivity index (χ3n) is 1.22. The van der Waals surface area contributed by atoms with Gasteiger partial charge in [0.05, 0.1) is 0 Å². The van der Waals surface area contributed by atoms with Crippen LogP contribution in [0, 0.1) is 14.3 Å². The molecule has 0 fully saturated rings. The molecule has 0 saturated heterocycles. The molecule has 0 amide bonds. The minimum absolute atomic E-state index is 0.185. The molecule has 0 N–H and O–H groups in total. The van der Waals surface area contributed by atoms with Gasteiger partial charge in [-0.15, -0.1) is 0 Å². The van der Waals surface area contributed by atoms with Crippen LogP contribution < -0.4 is 3.82 Å². The van der Waals surface area contributed by atoms with Gasteiger partial charge in [-0.25, -0.2) is 0 Å². The first kappa shape index (κ1) is 9.54. The van der Waals surface area contributed by atoms with E-state index in [1.165, 1.54) is 24.3 Å². The molecule has 0 spiro atoms. The summed E-state index contributed by atoms with van der Waals surface area (Å²) in [6.45, 7) is 0. The molecule has 0 aliphatic carbocycles. The van der Waals surface area contributed by atoms with Crippen LogP contribution in [0.2, 0.25) is 0 Å². The molecule has 0 heterocycles. The fraction of sp³-hybridized carbons (Fsp3) is 0. The van der Waals surface area contributed by atoms with Gasteiger partial charge in [-0.05, 0) is 0 Å². The molecule has 0 bridgehead atoms. The maximum atomic E-state index is 10.4. The van der Waals surface area contributed by atoms with E-state index >= 15 is 0 Å². The molecule has 13 heavy (non-hydrogen) atoms. The van der Waals surface area contributed by atoms with Crippen molar-refractivity contribution in [1.82, 2.24) is 0 Å². The van der Waals surface area contributed by atoms with E-state index in [0.717, 1.165) is 0 Å². The van der Waals surface area contributed by atoms with Gasteiger partial charge in [0.1, 0.15) is 0 Å². The standard InChI is InChI=1S/C6H4N2O4Se/c7-13(11)12-6-4-2-1-3-5(6)8(9)10/h1-4H. The van der Waals surface area contributed by atoms with Gasteiger partial charge in [-0.3, -0.25) is 0 Å². The molecule has 0 unspecified atom stereocenters. The summed E-state index contributed by atoms with van der Waals surface area (Å²) in [5, 5.41) is 10.4.